The van der Waals surface area contributed by atoms with E-state index in [1.165, 1.54) is 30.6 Å². The Morgan fingerprint density at radius 1 is 1.30 bits per heavy atom. The molecule has 0 atom stereocenters. The van der Waals surface area contributed by atoms with Gasteiger partial charge in [0, 0.05) is 4.90 Å². The van der Waals surface area contributed by atoms with Crippen LogP contribution in [0.5, 0.6) is 0 Å². The number of carbonyl (C=O) groups is 1. The molecule has 108 valence electrons. The molecule has 0 N–H and O–H groups in total. The highest BCUT2D eigenvalue weighted by Gasteiger charge is 2.19. The van der Waals surface area contributed by atoms with E-state index in [1.54, 1.807) is 11.8 Å². The van der Waals surface area contributed by atoms with Crippen LogP contribution in [0.4, 0.5) is 0 Å². The number of rotatable bonds is 5. The number of esters is 1. The van der Waals surface area contributed by atoms with E-state index in [0.717, 1.165) is 11.1 Å². The van der Waals surface area contributed by atoms with E-state index >= 15 is 0 Å². The number of carbonyl (C=O) groups excluding carboxylic acids is 1. The molecule has 2 rings (SSSR count). The minimum atomic E-state index is -0.198. The van der Waals surface area contributed by atoms with Crippen LogP contribution < -0.4 is 0 Å². The van der Waals surface area contributed by atoms with E-state index in [1.807, 2.05) is 19.1 Å². The van der Waals surface area contributed by atoms with Gasteiger partial charge in [0.15, 0.2) is 0 Å². The van der Waals surface area contributed by atoms with Gasteiger partial charge in [0.05, 0.1) is 12.2 Å². The highest BCUT2D eigenvalue weighted by Crippen LogP contribution is 2.30. The lowest BCUT2D eigenvalue weighted by Gasteiger charge is -2.11. The van der Waals surface area contributed by atoms with Crippen molar-refractivity contribution in [2.24, 2.45) is 5.92 Å². The molecule has 3 heteroatoms. The van der Waals surface area contributed by atoms with E-state index in [4.69, 9.17) is 4.74 Å². The molecule has 20 heavy (non-hydrogen) atoms. The zero-order valence-corrected chi connectivity index (χ0v) is 13.0. The van der Waals surface area contributed by atoms with Gasteiger partial charge in [-0.3, -0.25) is 0 Å². The average Bonchev–Trinajstić information content (AvgIpc) is 2.98. The fourth-order valence-corrected chi connectivity index (χ4v) is 3.03. The maximum atomic E-state index is 12.2. The molecule has 1 aromatic rings. The SMILES string of the molecule is CCOC(=O)/C(=C/C1CCCC1)c1ccc(SC)cc1. The number of benzene rings is 1. The van der Waals surface area contributed by atoms with Gasteiger partial charge in [-0.25, -0.2) is 4.79 Å². The van der Waals surface area contributed by atoms with Crippen LogP contribution in [0.15, 0.2) is 35.2 Å². The number of hydrogen-bond donors (Lipinski definition) is 0. The van der Waals surface area contributed by atoms with Crippen molar-refractivity contribution >= 4 is 23.3 Å². The monoisotopic (exact) mass is 290 g/mol. The van der Waals surface area contributed by atoms with Crippen molar-refractivity contribution < 1.29 is 9.53 Å². The van der Waals surface area contributed by atoms with Crippen molar-refractivity contribution in [2.75, 3.05) is 12.9 Å². The fourth-order valence-electron chi connectivity index (χ4n) is 2.62. The van der Waals surface area contributed by atoms with Crippen LogP contribution in [0.25, 0.3) is 5.57 Å². The summed E-state index contributed by atoms with van der Waals surface area (Å²) in [7, 11) is 0. The third kappa shape index (κ3) is 3.89. The number of ether oxygens (including phenoxy) is 1. The molecule has 0 bridgehead atoms. The minimum absolute atomic E-state index is 0.198. The molecule has 2 nitrogen and oxygen atoms in total. The van der Waals surface area contributed by atoms with Crippen LogP contribution >= 0.6 is 11.8 Å². The Labute approximate surface area is 125 Å². The first-order valence-corrected chi connectivity index (χ1v) is 8.50. The van der Waals surface area contributed by atoms with Gasteiger partial charge < -0.3 is 4.74 Å². The summed E-state index contributed by atoms with van der Waals surface area (Å²) in [5.74, 6) is 0.325. The Morgan fingerprint density at radius 3 is 2.50 bits per heavy atom. The lowest BCUT2D eigenvalue weighted by Crippen LogP contribution is -2.08. The summed E-state index contributed by atoms with van der Waals surface area (Å²) in [4.78, 5) is 13.4. The highest BCUT2D eigenvalue weighted by molar-refractivity contribution is 7.98. The van der Waals surface area contributed by atoms with Crippen LogP contribution in [0.3, 0.4) is 0 Å². The first-order chi connectivity index (χ1) is 9.74. The normalized spacial score (nSPS) is 16.4. The Hall–Kier alpha value is -1.22. The van der Waals surface area contributed by atoms with Crippen LogP contribution in [-0.4, -0.2) is 18.8 Å². The Kier molecular flexibility index (Phi) is 5.72. The number of thioether (sulfide) groups is 1. The van der Waals surface area contributed by atoms with Gasteiger partial charge in [0.25, 0.3) is 0 Å². The van der Waals surface area contributed by atoms with Gasteiger partial charge in [-0.15, -0.1) is 11.8 Å². The second-order valence-corrected chi connectivity index (χ2v) is 5.95. The molecule has 0 spiro atoms. The quantitative estimate of drug-likeness (QED) is 0.452. The van der Waals surface area contributed by atoms with Crippen molar-refractivity contribution in [1.29, 1.82) is 0 Å². The summed E-state index contributed by atoms with van der Waals surface area (Å²) in [6.45, 7) is 2.27. The van der Waals surface area contributed by atoms with Crippen molar-refractivity contribution in [2.45, 2.75) is 37.5 Å². The Morgan fingerprint density at radius 2 is 1.95 bits per heavy atom. The third-order valence-electron chi connectivity index (χ3n) is 3.70. The summed E-state index contributed by atoms with van der Waals surface area (Å²) in [5, 5.41) is 0. The Balaban J connectivity index is 2.26. The second kappa shape index (κ2) is 7.53. The fraction of sp³-hybridized carbons (Fsp3) is 0.471. The molecular formula is C17H22O2S. The molecule has 0 heterocycles. The van der Waals surface area contributed by atoms with Gasteiger partial charge in [-0.1, -0.05) is 31.1 Å². The van der Waals surface area contributed by atoms with Gasteiger partial charge in [0.1, 0.15) is 0 Å². The van der Waals surface area contributed by atoms with Crippen LogP contribution in [-0.2, 0) is 9.53 Å². The molecular weight excluding hydrogens is 268 g/mol. The molecule has 0 saturated heterocycles. The molecule has 0 aliphatic heterocycles. The predicted molar refractivity (Wildman–Crippen MR) is 84.8 cm³/mol. The maximum absolute atomic E-state index is 12.2. The molecule has 0 radical (unpaired) electrons. The van der Waals surface area contributed by atoms with E-state index < -0.39 is 0 Å². The van der Waals surface area contributed by atoms with Gasteiger partial charge in [-0.2, -0.15) is 0 Å². The van der Waals surface area contributed by atoms with E-state index in [9.17, 15) is 4.79 Å². The third-order valence-corrected chi connectivity index (χ3v) is 4.44. The van der Waals surface area contributed by atoms with Crippen LogP contribution in [0.2, 0.25) is 0 Å². The molecule has 0 amide bonds. The van der Waals surface area contributed by atoms with Crippen molar-refractivity contribution in [1.82, 2.24) is 0 Å². The van der Waals surface area contributed by atoms with E-state index in [-0.39, 0.29) is 5.97 Å². The zero-order chi connectivity index (χ0) is 14.4. The van der Waals surface area contributed by atoms with Crippen LogP contribution in [0, 0.1) is 5.92 Å². The molecule has 0 unspecified atom stereocenters. The number of hydrogen-bond acceptors (Lipinski definition) is 3. The first kappa shape index (κ1) is 15.2. The smallest absolute Gasteiger partial charge is 0.338 e. The van der Waals surface area contributed by atoms with Gasteiger partial charge >= 0.3 is 5.97 Å². The van der Waals surface area contributed by atoms with Gasteiger partial charge in [-0.05, 0) is 49.6 Å². The van der Waals surface area contributed by atoms with Crippen molar-refractivity contribution in [3.8, 4) is 0 Å². The van der Waals surface area contributed by atoms with E-state index in [0.29, 0.717) is 12.5 Å². The standard InChI is InChI=1S/C17H22O2S/c1-3-19-17(18)16(12-13-6-4-5-7-13)14-8-10-15(20-2)11-9-14/h8-13H,3-7H2,1-2H3/b16-12+. The molecule has 1 fully saturated rings. The molecule has 1 saturated carbocycles. The lowest BCUT2D eigenvalue weighted by atomic mass is 9.99. The first-order valence-electron chi connectivity index (χ1n) is 7.28. The maximum Gasteiger partial charge on any atom is 0.338 e. The van der Waals surface area contributed by atoms with Crippen molar-refractivity contribution in [3.05, 3.63) is 35.9 Å². The summed E-state index contributed by atoms with van der Waals surface area (Å²) in [6, 6.07) is 8.15. The minimum Gasteiger partial charge on any atom is -0.462 e. The average molecular weight is 290 g/mol. The molecule has 1 aliphatic carbocycles. The molecule has 1 aromatic carbocycles. The lowest BCUT2D eigenvalue weighted by molar-refractivity contribution is -0.136. The largest absolute Gasteiger partial charge is 0.462 e. The van der Waals surface area contributed by atoms with Gasteiger partial charge in [0.2, 0.25) is 0 Å². The summed E-state index contributed by atoms with van der Waals surface area (Å²) >= 11 is 1.71. The Bertz CT molecular complexity index is 470. The van der Waals surface area contributed by atoms with Crippen molar-refractivity contribution in [3.63, 3.8) is 0 Å². The number of allylic oxidation sites excluding steroid dienone is 1. The van der Waals surface area contributed by atoms with E-state index in [2.05, 4.69) is 24.5 Å². The summed E-state index contributed by atoms with van der Waals surface area (Å²) in [6.07, 6.45) is 9.08. The molecule has 0 aromatic heterocycles. The zero-order valence-electron chi connectivity index (χ0n) is 12.2. The topological polar surface area (TPSA) is 26.3 Å². The summed E-state index contributed by atoms with van der Waals surface area (Å²) < 4.78 is 5.21. The molecule has 1 aliphatic rings. The second-order valence-electron chi connectivity index (χ2n) is 5.07. The van der Waals surface area contributed by atoms with Crippen LogP contribution in [0.1, 0.15) is 38.2 Å². The predicted octanol–water partition coefficient (Wildman–Crippen LogP) is 4.55. The summed E-state index contributed by atoms with van der Waals surface area (Å²) in [5.41, 5.74) is 1.69. The highest BCUT2D eigenvalue weighted by atomic mass is 32.2.